The molecule has 1 amide bonds. The third-order valence-electron chi connectivity index (χ3n) is 4.13. The van der Waals surface area contributed by atoms with Crippen LogP contribution in [-0.4, -0.2) is 25.7 Å². The Morgan fingerprint density at radius 2 is 2.03 bits per heavy atom. The van der Waals surface area contributed by atoms with Gasteiger partial charge in [-0.25, -0.2) is 4.98 Å². The number of nitrogens with one attached hydrogen (secondary N) is 1. The SMILES string of the molecule is Cc1csc(SCc2ccc(C(=O)Nc3ccn(Cc4cccnc4)n3)cc2)n1. The minimum atomic E-state index is -0.175. The van der Waals surface area contributed by atoms with Gasteiger partial charge in [0.1, 0.15) is 4.34 Å². The summed E-state index contributed by atoms with van der Waals surface area (Å²) >= 11 is 3.36. The molecule has 4 rings (SSSR count). The van der Waals surface area contributed by atoms with Crippen molar-refractivity contribution in [1.29, 1.82) is 0 Å². The van der Waals surface area contributed by atoms with Crippen LogP contribution in [0.1, 0.15) is 27.2 Å². The van der Waals surface area contributed by atoms with Crippen molar-refractivity contribution in [2.24, 2.45) is 0 Å². The third-order valence-corrected chi connectivity index (χ3v) is 6.34. The van der Waals surface area contributed by atoms with E-state index in [9.17, 15) is 4.79 Å². The number of hydrogen-bond acceptors (Lipinski definition) is 6. The second-order valence-electron chi connectivity index (χ2n) is 6.45. The number of amides is 1. The lowest BCUT2D eigenvalue weighted by Crippen LogP contribution is -2.13. The summed E-state index contributed by atoms with van der Waals surface area (Å²) in [6.07, 6.45) is 5.38. The molecule has 0 aliphatic rings. The van der Waals surface area contributed by atoms with Gasteiger partial charge in [0.05, 0.1) is 6.54 Å². The monoisotopic (exact) mass is 421 g/mol. The van der Waals surface area contributed by atoms with Crippen LogP contribution >= 0.6 is 23.1 Å². The highest BCUT2D eigenvalue weighted by molar-refractivity contribution is 8.00. The first kappa shape index (κ1) is 19.4. The summed E-state index contributed by atoms with van der Waals surface area (Å²) < 4.78 is 2.83. The molecule has 0 aliphatic heterocycles. The van der Waals surface area contributed by atoms with E-state index in [1.165, 1.54) is 0 Å². The lowest BCUT2D eigenvalue weighted by atomic mass is 10.1. The van der Waals surface area contributed by atoms with Crippen molar-refractivity contribution >= 4 is 34.8 Å². The van der Waals surface area contributed by atoms with Crippen LogP contribution < -0.4 is 5.32 Å². The number of thioether (sulfide) groups is 1. The first-order chi connectivity index (χ1) is 14.2. The molecule has 6 nitrogen and oxygen atoms in total. The summed E-state index contributed by atoms with van der Waals surface area (Å²) in [4.78, 5) is 21.0. The van der Waals surface area contributed by atoms with Gasteiger partial charge in [-0.05, 0) is 36.2 Å². The molecule has 0 unspecified atom stereocenters. The predicted molar refractivity (Wildman–Crippen MR) is 116 cm³/mol. The van der Waals surface area contributed by atoms with Crippen LogP contribution in [0, 0.1) is 6.92 Å². The average Bonchev–Trinajstić information content (AvgIpc) is 3.36. The zero-order chi connectivity index (χ0) is 20.1. The molecule has 29 heavy (non-hydrogen) atoms. The van der Waals surface area contributed by atoms with E-state index in [1.807, 2.05) is 54.9 Å². The molecule has 0 saturated heterocycles. The van der Waals surface area contributed by atoms with Gasteiger partial charge >= 0.3 is 0 Å². The summed E-state index contributed by atoms with van der Waals surface area (Å²) in [7, 11) is 0. The lowest BCUT2D eigenvalue weighted by Gasteiger charge is -2.04. The molecule has 3 heterocycles. The number of rotatable bonds is 7. The standard InChI is InChI=1S/C21H19N5OS2/c1-15-13-28-21(23-15)29-14-16-4-6-18(7-5-16)20(27)24-19-8-10-26(25-19)12-17-3-2-9-22-11-17/h2-11,13H,12,14H2,1H3,(H,24,25,27). The number of thiazole rings is 1. The molecule has 0 spiro atoms. The van der Waals surface area contributed by atoms with Gasteiger partial charge in [0.25, 0.3) is 5.91 Å². The predicted octanol–water partition coefficient (Wildman–Crippen LogP) is 4.64. The molecule has 0 radical (unpaired) electrons. The van der Waals surface area contributed by atoms with E-state index in [0.29, 0.717) is 17.9 Å². The van der Waals surface area contributed by atoms with Gasteiger partial charge in [0, 0.05) is 47.0 Å². The van der Waals surface area contributed by atoms with Gasteiger partial charge in [0.2, 0.25) is 0 Å². The van der Waals surface area contributed by atoms with Crippen LogP contribution in [0.4, 0.5) is 5.82 Å². The maximum atomic E-state index is 12.5. The van der Waals surface area contributed by atoms with E-state index in [2.05, 4.69) is 20.4 Å². The average molecular weight is 422 g/mol. The molecule has 1 aromatic carbocycles. The second kappa shape index (κ2) is 9.02. The van der Waals surface area contributed by atoms with Crippen LogP contribution in [0.2, 0.25) is 0 Å². The highest BCUT2D eigenvalue weighted by Gasteiger charge is 2.09. The van der Waals surface area contributed by atoms with E-state index < -0.39 is 0 Å². The Morgan fingerprint density at radius 1 is 1.17 bits per heavy atom. The fourth-order valence-corrected chi connectivity index (χ4v) is 4.48. The van der Waals surface area contributed by atoms with E-state index in [0.717, 1.165) is 26.9 Å². The molecule has 0 atom stereocenters. The van der Waals surface area contributed by atoms with Crippen molar-refractivity contribution in [1.82, 2.24) is 19.7 Å². The fourth-order valence-electron chi connectivity index (χ4n) is 2.68. The number of anilines is 1. The van der Waals surface area contributed by atoms with Crippen LogP contribution in [0.25, 0.3) is 0 Å². The first-order valence-corrected chi connectivity index (χ1v) is 10.9. The van der Waals surface area contributed by atoms with E-state index in [1.54, 1.807) is 46.2 Å². The summed E-state index contributed by atoms with van der Waals surface area (Å²) in [5.41, 5.74) is 3.85. The molecule has 0 bridgehead atoms. The molecule has 0 aliphatic carbocycles. The van der Waals surface area contributed by atoms with Crippen molar-refractivity contribution in [3.8, 4) is 0 Å². The Morgan fingerprint density at radius 3 is 2.76 bits per heavy atom. The van der Waals surface area contributed by atoms with Crippen molar-refractivity contribution in [2.75, 3.05) is 5.32 Å². The molecular weight excluding hydrogens is 402 g/mol. The van der Waals surface area contributed by atoms with Crippen molar-refractivity contribution < 1.29 is 4.79 Å². The summed E-state index contributed by atoms with van der Waals surface area (Å²) in [5.74, 6) is 1.18. The molecular formula is C21H19N5OS2. The molecule has 0 fully saturated rings. The Kier molecular flexibility index (Phi) is 6.02. The van der Waals surface area contributed by atoms with Crippen LogP contribution in [-0.2, 0) is 12.3 Å². The third kappa shape index (κ3) is 5.30. The molecule has 8 heteroatoms. The smallest absolute Gasteiger partial charge is 0.256 e. The van der Waals surface area contributed by atoms with Gasteiger partial charge in [-0.2, -0.15) is 5.10 Å². The topological polar surface area (TPSA) is 72.7 Å². The van der Waals surface area contributed by atoms with Crippen molar-refractivity contribution in [3.63, 3.8) is 0 Å². The number of carbonyl (C=O) groups is 1. The van der Waals surface area contributed by atoms with Gasteiger partial charge < -0.3 is 5.32 Å². The molecule has 4 aromatic rings. The Balaban J connectivity index is 1.32. The van der Waals surface area contributed by atoms with Crippen molar-refractivity contribution in [3.05, 3.63) is 88.8 Å². The number of aryl methyl sites for hydroxylation is 1. The molecule has 1 N–H and O–H groups in total. The Labute approximate surface area is 177 Å². The summed E-state index contributed by atoms with van der Waals surface area (Å²) in [6.45, 7) is 2.60. The van der Waals surface area contributed by atoms with Crippen molar-refractivity contribution in [2.45, 2.75) is 23.6 Å². The quantitative estimate of drug-likeness (QED) is 0.440. The summed E-state index contributed by atoms with van der Waals surface area (Å²) in [6, 6.07) is 13.3. The van der Waals surface area contributed by atoms with E-state index >= 15 is 0 Å². The Hall–Kier alpha value is -2.97. The number of carbonyl (C=O) groups excluding carboxylic acids is 1. The highest BCUT2D eigenvalue weighted by Crippen LogP contribution is 2.26. The largest absolute Gasteiger partial charge is 0.305 e. The first-order valence-electron chi connectivity index (χ1n) is 9.03. The zero-order valence-corrected chi connectivity index (χ0v) is 17.4. The molecule has 146 valence electrons. The van der Waals surface area contributed by atoms with Crippen LogP contribution in [0.3, 0.4) is 0 Å². The minimum Gasteiger partial charge on any atom is -0.305 e. The second-order valence-corrected chi connectivity index (χ2v) is 8.53. The van der Waals surface area contributed by atoms with Gasteiger partial charge in [0.15, 0.2) is 5.82 Å². The van der Waals surface area contributed by atoms with E-state index in [-0.39, 0.29) is 5.91 Å². The normalized spacial score (nSPS) is 10.8. The van der Waals surface area contributed by atoms with Crippen LogP contribution in [0.15, 0.2) is 70.8 Å². The van der Waals surface area contributed by atoms with E-state index in [4.69, 9.17) is 0 Å². The molecule has 0 saturated carbocycles. The maximum absolute atomic E-state index is 12.5. The van der Waals surface area contributed by atoms with Gasteiger partial charge in [-0.3, -0.25) is 14.5 Å². The Bertz CT molecular complexity index is 1090. The van der Waals surface area contributed by atoms with Gasteiger partial charge in [-0.1, -0.05) is 30.0 Å². The number of pyridine rings is 1. The van der Waals surface area contributed by atoms with Crippen LogP contribution in [0.5, 0.6) is 0 Å². The highest BCUT2D eigenvalue weighted by atomic mass is 32.2. The fraction of sp³-hybridized carbons (Fsp3) is 0.143. The molecule has 3 aromatic heterocycles. The minimum absolute atomic E-state index is 0.175. The number of hydrogen-bond donors (Lipinski definition) is 1. The number of nitrogens with zero attached hydrogens (tertiary/aromatic N) is 4. The van der Waals surface area contributed by atoms with Gasteiger partial charge in [-0.15, -0.1) is 11.3 Å². The maximum Gasteiger partial charge on any atom is 0.256 e. The zero-order valence-electron chi connectivity index (χ0n) is 15.8. The number of benzene rings is 1. The number of aromatic nitrogens is 4. The lowest BCUT2D eigenvalue weighted by molar-refractivity contribution is 0.102. The summed E-state index contributed by atoms with van der Waals surface area (Å²) in [5, 5.41) is 9.30.